The standard InChI is InChI=1S/C18H24N2O3/c1-12(2)19-16-8-6-15(7-9-16)18(22)14(4)11-13(3)5-10-17(21)20-23/h5-12,14,19,23H,1-4H3,(H,20,21)/t14-/m1/s1. The molecule has 0 bridgehead atoms. The first-order valence-electron chi connectivity index (χ1n) is 7.55. The zero-order chi connectivity index (χ0) is 17.4. The van der Waals surface area contributed by atoms with Crippen LogP contribution in [0.4, 0.5) is 5.69 Å². The molecule has 5 heteroatoms. The number of rotatable bonds is 7. The van der Waals surface area contributed by atoms with Crippen molar-refractivity contribution in [1.29, 1.82) is 0 Å². The molecule has 1 rings (SSSR count). The van der Waals surface area contributed by atoms with Gasteiger partial charge in [0.2, 0.25) is 0 Å². The minimum atomic E-state index is -0.607. The summed E-state index contributed by atoms with van der Waals surface area (Å²) in [6.07, 6.45) is 4.53. The highest BCUT2D eigenvalue weighted by molar-refractivity contribution is 5.99. The van der Waals surface area contributed by atoms with Crippen LogP contribution in [0.25, 0.3) is 0 Å². The fourth-order valence-corrected chi connectivity index (χ4v) is 2.10. The van der Waals surface area contributed by atoms with Gasteiger partial charge >= 0.3 is 0 Å². The lowest BCUT2D eigenvalue weighted by molar-refractivity contribution is -0.124. The smallest absolute Gasteiger partial charge is 0.267 e. The molecule has 0 saturated carbocycles. The molecule has 0 unspecified atom stereocenters. The second kappa shape index (κ2) is 8.90. The van der Waals surface area contributed by atoms with Crippen LogP contribution in [0.3, 0.4) is 0 Å². The van der Waals surface area contributed by atoms with Crippen molar-refractivity contribution in [2.75, 3.05) is 5.32 Å². The monoisotopic (exact) mass is 316 g/mol. The first-order chi connectivity index (χ1) is 10.8. The molecule has 0 aliphatic rings. The van der Waals surface area contributed by atoms with E-state index >= 15 is 0 Å². The number of nitrogens with one attached hydrogen (secondary N) is 2. The van der Waals surface area contributed by atoms with E-state index < -0.39 is 5.91 Å². The van der Waals surface area contributed by atoms with Crippen LogP contribution in [0.1, 0.15) is 38.1 Å². The predicted octanol–water partition coefficient (Wildman–Crippen LogP) is 3.33. The summed E-state index contributed by atoms with van der Waals surface area (Å²) in [5.74, 6) is -0.897. The molecule has 3 N–H and O–H groups in total. The lowest BCUT2D eigenvalue weighted by Crippen LogP contribution is -2.15. The van der Waals surface area contributed by atoms with E-state index in [1.807, 2.05) is 31.2 Å². The minimum Gasteiger partial charge on any atom is -0.383 e. The normalized spacial score (nSPS) is 13.2. The molecule has 0 saturated heterocycles. The molecule has 0 aliphatic heterocycles. The van der Waals surface area contributed by atoms with Crippen molar-refractivity contribution in [3.05, 3.63) is 53.6 Å². The number of hydrogen-bond donors (Lipinski definition) is 3. The molecule has 0 radical (unpaired) electrons. The van der Waals surface area contributed by atoms with Crippen molar-refractivity contribution in [3.63, 3.8) is 0 Å². The highest BCUT2D eigenvalue weighted by Gasteiger charge is 2.13. The Morgan fingerprint density at radius 1 is 1.09 bits per heavy atom. The number of allylic oxidation sites excluding steroid dienone is 3. The third-order valence-electron chi connectivity index (χ3n) is 3.16. The number of benzene rings is 1. The van der Waals surface area contributed by atoms with E-state index in [4.69, 9.17) is 5.21 Å². The summed E-state index contributed by atoms with van der Waals surface area (Å²) in [6, 6.07) is 7.73. The van der Waals surface area contributed by atoms with Crippen molar-refractivity contribution in [3.8, 4) is 0 Å². The summed E-state index contributed by atoms with van der Waals surface area (Å²) in [5.41, 5.74) is 3.91. The Hall–Kier alpha value is -2.40. The zero-order valence-corrected chi connectivity index (χ0v) is 14.0. The SMILES string of the molecule is CC(C=CC(=O)NO)=C[C@@H](C)C(=O)c1ccc(NC(C)C)cc1. The number of amides is 1. The molecule has 1 aromatic rings. The molecule has 0 fully saturated rings. The Morgan fingerprint density at radius 3 is 2.22 bits per heavy atom. The highest BCUT2D eigenvalue weighted by Crippen LogP contribution is 2.16. The quantitative estimate of drug-likeness (QED) is 0.237. The van der Waals surface area contributed by atoms with Gasteiger partial charge in [-0.15, -0.1) is 0 Å². The number of carbonyl (C=O) groups excluding carboxylic acids is 2. The maximum atomic E-state index is 12.4. The van der Waals surface area contributed by atoms with E-state index in [9.17, 15) is 9.59 Å². The van der Waals surface area contributed by atoms with Gasteiger partial charge in [-0.3, -0.25) is 14.8 Å². The van der Waals surface area contributed by atoms with E-state index in [2.05, 4.69) is 19.2 Å². The lowest BCUT2D eigenvalue weighted by Gasteiger charge is -2.11. The number of carbonyl (C=O) groups is 2. The van der Waals surface area contributed by atoms with Gasteiger partial charge in [0.1, 0.15) is 0 Å². The number of ketones is 1. The molecule has 1 amide bonds. The van der Waals surface area contributed by atoms with Gasteiger partial charge in [0, 0.05) is 29.3 Å². The van der Waals surface area contributed by atoms with Crippen molar-refractivity contribution in [2.24, 2.45) is 5.92 Å². The molecule has 1 atom stereocenters. The van der Waals surface area contributed by atoms with Crippen LogP contribution in [-0.2, 0) is 4.79 Å². The van der Waals surface area contributed by atoms with E-state index in [1.54, 1.807) is 19.1 Å². The zero-order valence-electron chi connectivity index (χ0n) is 14.0. The number of anilines is 1. The van der Waals surface area contributed by atoms with Crippen LogP contribution in [0.5, 0.6) is 0 Å². The predicted molar refractivity (Wildman–Crippen MR) is 91.5 cm³/mol. The maximum absolute atomic E-state index is 12.4. The van der Waals surface area contributed by atoms with Gasteiger partial charge < -0.3 is 5.32 Å². The second-order valence-electron chi connectivity index (χ2n) is 5.75. The number of hydrogen-bond acceptors (Lipinski definition) is 4. The molecule has 124 valence electrons. The number of Topliss-reactive ketones (excluding diaryl/α,β-unsaturated/α-hetero) is 1. The van der Waals surface area contributed by atoms with Gasteiger partial charge in [0.15, 0.2) is 5.78 Å². The molecule has 1 aromatic carbocycles. The summed E-state index contributed by atoms with van der Waals surface area (Å²) in [4.78, 5) is 23.3. The average Bonchev–Trinajstić information content (AvgIpc) is 2.52. The fraction of sp³-hybridized carbons (Fsp3) is 0.333. The molecule has 23 heavy (non-hydrogen) atoms. The Kier molecular flexibility index (Phi) is 7.22. The van der Waals surface area contributed by atoms with Crippen LogP contribution >= 0.6 is 0 Å². The van der Waals surface area contributed by atoms with Crippen molar-refractivity contribution >= 4 is 17.4 Å². The topological polar surface area (TPSA) is 78.4 Å². The largest absolute Gasteiger partial charge is 0.383 e. The summed E-state index contributed by atoms with van der Waals surface area (Å²) in [7, 11) is 0. The summed E-state index contributed by atoms with van der Waals surface area (Å²) >= 11 is 0. The molecule has 0 heterocycles. The Labute approximate surface area is 137 Å². The lowest BCUT2D eigenvalue weighted by atomic mass is 9.97. The van der Waals surface area contributed by atoms with Gasteiger partial charge in [-0.25, -0.2) is 5.48 Å². The maximum Gasteiger partial charge on any atom is 0.267 e. The summed E-state index contributed by atoms with van der Waals surface area (Å²) in [5, 5.41) is 11.7. The third kappa shape index (κ3) is 6.48. The van der Waals surface area contributed by atoms with E-state index in [0.29, 0.717) is 11.6 Å². The van der Waals surface area contributed by atoms with Crippen molar-refractivity contribution < 1.29 is 14.8 Å². The molecule has 0 spiro atoms. The van der Waals surface area contributed by atoms with Gasteiger partial charge in [0.25, 0.3) is 5.91 Å². The van der Waals surface area contributed by atoms with Crippen molar-refractivity contribution in [1.82, 2.24) is 5.48 Å². The Morgan fingerprint density at radius 2 is 1.70 bits per heavy atom. The van der Waals surface area contributed by atoms with Gasteiger partial charge in [0.05, 0.1) is 0 Å². The Bertz CT molecular complexity index is 601. The fourth-order valence-electron chi connectivity index (χ4n) is 2.10. The highest BCUT2D eigenvalue weighted by atomic mass is 16.5. The first-order valence-corrected chi connectivity index (χ1v) is 7.55. The second-order valence-corrected chi connectivity index (χ2v) is 5.75. The Balaban J connectivity index is 2.76. The first kappa shape index (κ1) is 18.6. The molecular weight excluding hydrogens is 292 g/mol. The van der Waals surface area contributed by atoms with Crippen LogP contribution in [0.15, 0.2) is 48.1 Å². The average molecular weight is 316 g/mol. The summed E-state index contributed by atoms with van der Waals surface area (Å²) in [6.45, 7) is 7.71. The molecule has 0 aromatic heterocycles. The van der Waals surface area contributed by atoms with E-state index in [0.717, 1.165) is 11.3 Å². The summed E-state index contributed by atoms with van der Waals surface area (Å²) < 4.78 is 0. The van der Waals surface area contributed by atoms with Gasteiger partial charge in [-0.05, 0) is 45.0 Å². The molecule has 0 aliphatic carbocycles. The van der Waals surface area contributed by atoms with Crippen LogP contribution in [0.2, 0.25) is 0 Å². The van der Waals surface area contributed by atoms with Crippen LogP contribution < -0.4 is 10.8 Å². The number of hydroxylamine groups is 1. The molecule has 5 nitrogen and oxygen atoms in total. The van der Waals surface area contributed by atoms with E-state index in [1.165, 1.54) is 11.6 Å². The molecular formula is C18H24N2O3. The van der Waals surface area contributed by atoms with E-state index in [-0.39, 0.29) is 11.7 Å². The van der Waals surface area contributed by atoms with Gasteiger partial charge in [-0.2, -0.15) is 0 Å². The van der Waals surface area contributed by atoms with Crippen molar-refractivity contribution in [2.45, 2.75) is 33.7 Å². The third-order valence-corrected chi connectivity index (χ3v) is 3.16. The van der Waals surface area contributed by atoms with Gasteiger partial charge in [-0.1, -0.05) is 24.6 Å². The van der Waals surface area contributed by atoms with Crippen LogP contribution in [-0.4, -0.2) is 22.9 Å². The minimum absolute atomic E-state index is 0.0143. The van der Waals surface area contributed by atoms with Crippen LogP contribution in [0, 0.1) is 5.92 Å².